The summed E-state index contributed by atoms with van der Waals surface area (Å²) in [6.07, 6.45) is 0. The summed E-state index contributed by atoms with van der Waals surface area (Å²) in [4.78, 5) is 2.27. The van der Waals surface area contributed by atoms with Gasteiger partial charge in [-0.15, -0.1) is 12.4 Å². The van der Waals surface area contributed by atoms with E-state index in [0.717, 1.165) is 30.0 Å². The fraction of sp³-hybridized carbons (Fsp3) is 0.455. The number of hydrogen-bond acceptors (Lipinski definition) is 2. The quantitative estimate of drug-likeness (QED) is 0.785. The predicted octanol–water partition coefficient (Wildman–Crippen LogP) is 2.85. The highest BCUT2D eigenvalue weighted by Crippen LogP contribution is 2.25. The molecule has 0 aliphatic carbocycles. The molecular weight excluding hydrogens is 196 g/mol. The highest BCUT2D eigenvalue weighted by molar-refractivity contribution is 5.85. The molecule has 3 heteroatoms. The van der Waals surface area contributed by atoms with E-state index >= 15 is 0 Å². The Bertz CT molecular complexity index is 283. The standard InChI is InChI=1S/C11H18N2.ClH/c1-4-13(5-2)10-8-6-7-9(3)11(10)12;/h6-8H,4-5,12H2,1-3H3;1H. The minimum absolute atomic E-state index is 0. The zero-order valence-corrected chi connectivity index (χ0v) is 9.90. The molecule has 0 spiro atoms. The van der Waals surface area contributed by atoms with Gasteiger partial charge in [0.05, 0.1) is 11.4 Å². The maximum Gasteiger partial charge on any atom is 0.0602 e. The normalized spacial score (nSPS) is 9.36. The third kappa shape index (κ3) is 2.55. The van der Waals surface area contributed by atoms with Crippen molar-refractivity contribution in [3.63, 3.8) is 0 Å². The number of anilines is 2. The van der Waals surface area contributed by atoms with Crippen LogP contribution in [0.5, 0.6) is 0 Å². The third-order valence-electron chi connectivity index (χ3n) is 2.41. The Morgan fingerprint density at radius 2 is 1.79 bits per heavy atom. The van der Waals surface area contributed by atoms with Gasteiger partial charge in [0.25, 0.3) is 0 Å². The SMILES string of the molecule is CCN(CC)c1cccc(C)c1N.Cl. The van der Waals surface area contributed by atoms with Gasteiger partial charge in [-0.2, -0.15) is 0 Å². The topological polar surface area (TPSA) is 29.3 Å². The van der Waals surface area contributed by atoms with Crippen LogP contribution in [0.15, 0.2) is 18.2 Å². The molecule has 0 amide bonds. The Labute approximate surface area is 92.5 Å². The Hall–Kier alpha value is -0.890. The second-order valence-electron chi connectivity index (χ2n) is 3.18. The summed E-state index contributed by atoms with van der Waals surface area (Å²) in [5.41, 5.74) is 9.22. The molecule has 14 heavy (non-hydrogen) atoms. The molecule has 1 rings (SSSR count). The lowest BCUT2D eigenvalue weighted by Crippen LogP contribution is -2.23. The van der Waals surface area contributed by atoms with Crippen LogP contribution in [0.25, 0.3) is 0 Å². The number of nitrogens with two attached hydrogens (primary N) is 1. The predicted molar refractivity (Wildman–Crippen MR) is 66.4 cm³/mol. The first-order valence-corrected chi connectivity index (χ1v) is 4.80. The Balaban J connectivity index is 0.00000169. The van der Waals surface area contributed by atoms with Crippen molar-refractivity contribution in [1.82, 2.24) is 0 Å². The number of halogens is 1. The van der Waals surface area contributed by atoms with Crippen molar-refractivity contribution >= 4 is 23.8 Å². The summed E-state index contributed by atoms with van der Waals surface area (Å²) >= 11 is 0. The van der Waals surface area contributed by atoms with E-state index in [1.807, 2.05) is 13.0 Å². The highest BCUT2D eigenvalue weighted by atomic mass is 35.5. The molecule has 0 heterocycles. The number of nitrogens with zero attached hydrogens (tertiary/aromatic N) is 1. The zero-order chi connectivity index (χ0) is 9.84. The van der Waals surface area contributed by atoms with Gasteiger partial charge in [-0.05, 0) is 32.4 Å². The van der Waals surface area contributed by atoms with E-state index in [1.165, 1.54) is 0 Å². The Kier molecular flexibility index (Phi) is 5.39. The van der Waals surface area contributed by atoms with E-state index in [-0.39, 0.29) is 12.4 Å². The van der Waals surface area contributed by atoms with Crippen molar-refractivity contribution < 1.29 is 0 Å². The van der Waals surface area contributed by atoms with Gasteiger partial charge >= 0.3 is 0 Å². The maximum atomic E-state index is 5.99. The third-order valence-corrected chi connectivity index (χ3v) is 2.41. The van der Waals surface area contributed by atoms with Crippen LogP contribution in [-0.2, 0) is 0 Å². The van der Waals surface area contributed by atoms with E-state index < -0.39 is 0 Å². The minimum Gasteiger partial charge on any atom is -0.397 e. The minimum atomic E-state index is 0. The second kappa shape index (κ2) is 5.76. The van der Waals surface area contributed by atoms with E-state index in [0.29, 0.717) is 0 Å². The molecule has 0 aliphatic rings. The molecule has 2 nitrogen and oxygen atoms in total. The largest absolute Gasteiger partial charge is 0.397 e. The molecule has 2 N–H and O–H groups in total. The monoisotopic (exact) mass is 214 g/mol. The summed E-state index contributed by atoms with van der Waals surface area (Å²) in [5, 5.41) is 0. The average molecular weight is 215 g/mol. The van der Waals surface area contributed by atoms with Gasteiger partial charge in [0.15, 0.2) is 0 Å². The zero-order valence-electron chi connectivity index (χ0n) is 9.08. The molecule has 0 saturated heterocycles. The van der Waals surface area contributed by atoms with Crippen molar-refractivity contribution in [3.05, 3.63) is 23.8 Å². The molecular formula is C11H19ClN2. The van der Waals surface area contributed by atoms with Gasteiger partial charge in [0, 0.05) is 13.1 Å². The van der Waals surface area contributed by atoms with Crippen molar-refractivity contribution in [1.29, 1.82) is 0 Å². The number of benzene rings is 1. The summed E-state index contributed by atoms with van der Waals surface area (Å²) in [6, 6.07) is 6.18. The number of hydrogen-bond donors (Lipinski definition) is 1. The lowest BCUT2D eigenvalue weighted by atomic mass is 10.1. The number of para-hydroxylation sites is 1. The molecule has 0 saturated carbocycles. The molecule has 0 aliphatic heterocycles. The van der Waals surface area contributed by atoms with Crippen LogP contribution >= 0.6 is 12.4 Å². The molecule has 1 aromatic rings. The van der Waals surface area contributed by atoms with Crippen LogP contribution in [0, 0.1) is 6.92 Å². The molecule has 0 fully saturated rings. The van der Waals surface area contributed by atoms with Crippen LogP contribution in [-0.4, -0.2) is 13.1 Å². The fourth-order valence-corrected chi connectivity index (χ4v) is 1.51. The van der Waals surface area contributed by atoms with E-state index in [4.69, 9.17) is 5.73 Å². The van der Waals surface area contributed by atoms with Gasteiger partial charge in [-0.25, -0.2) is 0 Å². The average Bonchev–Trinajstić information content (AvgIpc) is 2.14. The first-order chi connectivity index (χ1) is 6.20. The van der Waals surface area contributed by atoms with E-state index in [2.05, 4.69) is 30.9 Å². The highest BCUT2D eigenvalue weighted by Gasteiger charge is 2.06. The lowest BCUT2D eigenvalue weighted by molar-refractivity contribution is 0.867. The first-order valence-electron chi connectivity index (χ1n) is 4.80. The van der Waals surface area contributed by atoms with Gasteiger partial charge in [0.1, 0.15) is 0 Å². The second-order valence-corrected chi connectivity index (χ2v) is 3.18. The lowest BCUT2D eigenvalue weighted by Gasteiger charge is -2.23. The molecule has 80 valence electrons. The van der Waals surface area contributed by atoms with Crippen LogP contribution < -0.4 is 10.6 Å². The van der Waals surface area contributed by atoms with E-state index in [1.54, 1.807) is 0 Å². The molecule has 0 bridgehead atoms. The van der Waals surface area contributed by atoms with Gasteiger partial charge in [-0.3, -0.25) is 0 Å². The Morgan fingerprint density at radius 1 is 1.21 bits per heavy atom. The van der Waals surface area contributed by atoms with Gasteiger partial charge < -0.3 is 10.6 Å². The van der Waals surface area contributed by atoms with Crippen LogP contribution in [0.4, 0.5) is 11.4 Å². The molecule has 0 unspecified atom stereocenters. The summed E-state index contributed by atoms with van der Waals surface area (Å²) in [5.74, 6) is 0. The smallest absolute Gasteiger partial charge is 0.0602 e. The first kappa shape index (κ1) is 13.1. The fourth-order valence-electron chi connectivity index (χ4n) is 1.51. The number of rotatable bonds is 3. The molecule has 0 aromatic heterocycles. The summed E-state index contributed by atoms with van der Waals surface area (Å²) < 4.78 is 0. The van der Waals surface area contributed by atoms with Crippen LogP contribution in [0.3, 0.4) is 0 Å². The molecule has 1 aromatic carbocycles. The van der Waals surface area contributed by atoms with Crippen molar-refractivity contribution in [3.8, 4) is 0 Å². The van der Waals surface area contributed by atoms with Gasteiger partial charge in [-0.1, -0.05) is 12.1 Å². The number of aryl methyl sites for hydroxylation is 1. The maximum absolute atomic E-state index is 5.99. The summed E-state index contributed by atoms with van der Waals surface area (Å²) in [7, 11) is 0. The van der Waals surface area contributed by atoms with Crippen molar-refractivity contribution in [2.45, 2.75) is 20.8 Å². The van der Waals surface area contributed by atoms with Crippen molar-refractivity contribution in [2.24, 2.45) is 0 Å². The van der Waals surface area contributed by atoms with Crippen molar-refractivity contribution in [2.75, 3.05) is 23.7 Å². The Morgan fingerprint density at radius 3 is 2.29 bits per heavy atom. The van der Waals surface area contributed by atoms with Crippen LogP contribution in [0.1, 0.15) is 19.4 Å². The van der Waals surface area contributed by atoms with Gasteiger partial charge in [0.2, 0.25) is 0 Å². The molecule has 0 atom stereocenters. The van der Waals surface area contributed by atoms with E-state index in [9.17, 15) is 0 Å². The van der Waals surface area contributed by atoms with Crippen LogP contribution in [0.2, 0.25) is 0 Å². The number of nitrogen functional groups attached to an aromatic ring is 1. The molecule has 0 radical (unpaired) electrons. The summed E-state index contributed by atoms with van der Waals surface area (Å²) in [6.45, 7) is 8.34.